The summed E-state index contributed by atoms with van der Waals surface area (Å²) < 4.78 is 0.825. The van der Waals surface area contributed by atoms with Crippen LogP contribution in [0, 0.1) is 20.8 Å². The van der Waals surface area contributed by atoms with Gasteiger partial charge in [0.1, 0.15) is 5.01 Å². The highest BCUT2D eigenvalue weighted by molar-refractivity contribution is 8.02. The van der Waals surface area contributed by atoms with Crippen LogP contribution in [-0.2, 0) is 4.79 Å². The number of carbonyl (C=O) groups excluding carboxylic acids is 1. The van der Waals surface area contributed by atoms with Gasteiger partial charge in [0, 0.05) is 5.69 Å². The van der Waals surface area contributed by atoms with Crippen molar-refractivity contribution in [3.05, 3.63) is 34.3 Å². The summed E-state index contributed by atoms with van der Waals surface area (Å²) in [6, 6.07) is 5.99. The Morgan fingerprint density at radius 1 is 1.30 bits per heavy atom. The predicted molar refractivity (Wildman–Crippen MR) is 84.5 cm³/mol. The summed E-state index contributed by atoms with van der Waals surface area (Å²) in [6.45, 7) is 7.81. The van der Waals surface area contributed by atoms with Gasteiger partial charge in [-0.25, -0.2) is 0 Å². The monoisotopic (exact) mass is 307 g/mol. The molecule has 106 valence electrons. The third-order valence-electron chi connectivity index (χ3n) is 2.79. The molecule has 0 spiro atoms. The molecular formula is C14H17N3OS2. The van der Waals surface area contributed by atoms with Gasteiger partial charge in [-0.15, -0.1) is 10.2 Å². The van der Waals surface area contributed by atoms with Crippen LogP contribution in [0.5, 0.6) is 0 Å². The molecule has 0 aliphatic rings. The van der Waals surface area contributed by atoms with E-state index < -0.39 is 0 Å². The molecule has 1 heterocycles. The van der Waals surface area contributed by atoms with Gasteiger partial charge in [0.25, 0.3) is 0 Å². The fraction of sp³-hybridized carbons (Fsp3) is 0.357. The minimum Gasteiger partial charge on any atom is -0.325 e. The summed E-state index contributed by atoms with van der Waals surface area (Å²) in [5.41, 5.74) is 3.12. The number of amides is 1. The van der Waals surface area contributed by atoms with E-state index in [1.165, 1.54) is 28.7 Å². The second-order valence-electron chi connectivity index (χ2n) is 4.65. The zero-order valence-corrected chi connectivity index (χ0v) is 13.6. The maximum absolute atomic E-state index is 12.2. The van der Waals surface area contributed by atoms with Gasteiger partial charge < -0.3 is 5.32 Å². The fourth-order valence-electron chi connectivity index (χ4n) is 1.72. The van der Waals surface area contributed by atoms with Crippen LogP contribution in [0.15, 0.2) is 22.5 Å². The highest BCUT2D eigenvalue weighted by Gasteiger charge is 2.17. The van der Waals surface area contributed by atoms with E-state index in [9.17, 15) is 4.79 Å². The third kappa shape index (κ3) is 3.80. The van der Waals surface area contributed by atoms with Crippen LogP contribution >= 0.6 is 23.1 Å². The Morgan fingerprint density at radius 3 is 2.65 bits per heavy atom. The number of nitrogens with zero attached hydrogens (tertiary/aromatic N) is 2. The second kappa shape index (κ2) is 6.37. The SMILES string of the molecule is Cc1ccc(NC(=O)[C@@H](C)Sc2nnc(C)s2)c(C)c1. The molecule has 2 aromatic rings. The smallest absolute Gasteiger partial charge is 0.237 e. The molecule has 0 unspecified atom stereocenters. The lowest BCUT2D eigenvalue weighted by molar-refractivity contribution is -0.115. The maximum atomic E-state index is 12.2. The second-order valence-corrected chi connectivity index (χ2v) is 7.42. The molecule has 1 N–H and O–H groups in total. The minimum absolute atomic E-state index is 0.0187. The maximum Gasteiger partial charge on any atom is 0.237 e. The van der Waals surface area contributed by atoms with Crippen molar-refractivity contribution in [2.45, 2.75) is 37.3 Å². The molecule has 20 heavy (non-hydrogen) atoms. The molecule has 4 nitrogen and oxygen atoms in total. The molecule has 2 rings (SSSR count). The summed E-state index contributed by atoms with van der Waals surface area (Å²) in [6.07, 6.45) is 0. The largest absolute Gasteiger partial charge is 0.325 e. The van der Waals surface area contributed by atoms with E-state index in [-0.39, 0.29) is 11.2 Å². The van der Waals surface area contributed by atoms with Crippen molar-refractivity contribution in [3.8, 4) is 0 Å². The lowest BCUT2D eigenvalue weighted by atomic mass is 10.1. The highest BCUT2D eigenvalue weighted by atomic mass is 32.2. The molecular weight excluding hydrogens is 290 g/mol. The number of carbonyl (C=O) groups is 1. The number of rotatable bonds is 4. The summed E-state index contributed by atoms with van der Waals surface area (Å²) in [4.78, 5) is 12.2. The molecule has 6 heteroatoms. The first kappa shape index (κ1) is 15.0. The van der Waals surface area contributed by atoms with Crippen LogP contribution in [-0.4, -0.2) is 21.4 Å². The quantitative estimate of drug-likeness (QED) is 0.877. The molecule has 0 aliphatic carbocycles. The molecule has 1 aromatic heterocycles. The molecule has 0 bridgehead atoms. The van der Waals surface area contributed by atoms with Crippen LogP contribution in [0.4, 0.5) is 5.69 Å². The van der Waals surface area contributed by atoms with Crippen molar-refractivity contribution in [1.29, 1.82) is 0 Å². The average Bonchev–Trinajstić information content (AvgIpc) is 2.78. The van der Waals surface area contributed by atoms with E-state index in [2.05, 4.69) is 21.6 Å². The molecule has 1 amide bonds. The molecule has 1 atom stereocenters. The molecule has 1 aromatic carbocycles. The number of hydrogen-bond donors (Lipinski definition) is 1. The van der Waals surface area contributed by atoms with Crippen molar-refractivity contribution in [2.75, 3.05) is 5.32 Å². The topological polar surface area (TPSA) is 54.9 Å². The summed E-state index contributed by atoms with van der Waals surface area (Å²) in [7, 11) is 0. The molecule has 0 saturated heterocycles. The zero-order chi connectivity index (χ0) is 14.7. The van der Waals surface area contributed by atoms with E-state index in [1.807, 2.05) is 39.8 Å². The van der Waals surface area contributed by atoms with Gasteiger partial charge in [-0.05, 0) is 39.3 Å². The van der Waals surface area contributed by atoms with Crippen molar-refractivity contribution < 1.29 is 4.79 Å². The van der Waals surface area contributed by atoms with E-state index in [4.69, 9.17) is 0 Å². The number of hydrogen-bond acceptors (Lipinski definition) is 5. The van der Waals surface area contributed by atoms with Crippen LogP contribution < -0.4 is 5.32 Å². The number of benzene rings is 1. The molecule has 0 aliphatic heterocycles. The predicted octanol–water partition coefficient (Wildman–Crippen LogP) is 3.58. The van der Waals surface area contributed by atoms with Gasteiger partial charge in [0.15, 0.2) is 4.34 Å². The average molecular weight is 307 g/mol. The highest BCUT2D eigenvalue weighted by Crippen LogP contribution is 2.27. The standard InChI is InChI=1S/C14H17N3OS2/c1-8-5-6-12(9(2)7-8)15-13(18)10(3)19-14-17-16-11(4)20-14/h5-7,10H,1-4H3,(H,15,18)/t10-/m1/s1. The van der Waals surface area contributed by atoms with Gasteiger partial charge in [-0.1, -0.05) is 40.8 Å². The van der Waals surface area contributed by atoms with Crippen LogP contribution in [0.3, 0.4) is 0 Å². The van der Waals surface area contributed by atoms with Crippen LogP contribution in [0.2, 0.25) is 0 Å². The van der Waals surface area contributed by atoms with E-state index in [1.54, 1.807) is 0 Å². The Kier molecular flexibility index (Phi) is 4.77. The first-order chi connectivity index (χ1) is 9.45. The Hall–Kier alpha value is -1.40. The first-order valence-electron chi connectivity index (χ1n) is 6.30. The van der Waals surface area contributed by atoms with E-state index >= 15 is 0 Å². The number of thioether (sulfide) groups is 1. The van der Waals surface area contributed by atoms with Gasteiger partial charge in [-0.3, -0.25) is 4.79 Å². The van der Waals surface area contributed by atoms with Crippen LogP contribution in [0.25, 0.3) is 0 Å². The number of aromatic nitrogens is 2. The van der Waals surface area contributed by atoms with E-state index in [0.717, 1.165) is 20.6 Å². The van der Waals surface area contributed by atoms with Crippen LogP contribution in [0.1, 0.15) is 23.1 Å². The Labute approximate surface area is 127 Å². The summed E-state index contributed by atoms with van der Waals surface area (Å²) in [5.74, 6) is -0.0187. The zero-order valence-electron chi connectivity index (χ0n) is 11.9. The fourth-order valence-corrected chi connectivity index (χ4v) is 3.68. The van der Waals surface area contributed by atoms with Crippen molar-refractivity contribution in [2.24, 2.45) is 0 Å². The van der Waals surface area contributed by atoms with Gasteiger partial charge in [-0.2, -0.15) is 0 Å². The molecule has 0 radical (unpaired) electrons. The van der Waals surface area contributed by atoms with Crippen molar-refractivity contribution >= 4 is 34.7 Å². The Balaban J connectivity index is 2.00. The number of nitrogens with one attached hydrogen (secondary N) is 1. The van der Waals surface area contributed by atoms with Crippen molar-refractivity contribution in [3.63, 3.8) is 0 Å². The lowest BCUT2D eigenvalue weighted by Gasteiger charge is -2.12. The molecule has 0 fully saturated rings. The van der Waals surface area contributed by atoms with Crippen molar-refractivity contribution in [1.82, 2.24) is 10.2 Å². The number of aryl methyl sites for hydroxylation is 3. The van der Waals surface area contributed by atoms with Gasteiger partial charge >= 0.3 is 0 Å². The summed E-state index contributed by atoms with van der Waals surface area (Å²) in [5, 5.41) is 11.6. The summed E-state index contributed by atoms with van der Waals surface area (Å²) >= 11 is 2.94. The first-order valence-corrected chi connectivity index (χ1v) is 8.00. The van der Waals surface area contributed by atoms with Gasteiger partial charge in [0.05, 0.1) is 5.25 Å². The Bertz CT molecular complexity index is 625. The number of anilines is 1. The molecule has 0 saturated carbocycles. The minimum atomic E-state index is -0.206. The van der Waals surface area contributed by atoms with Gasteiger partial charge in [0.2, 0.25) is 5.91 Å². The Morgan fingerprint density at radius 2 is 2.05 bits per heavy atom. The normalized spacial score (nSPS) is 12.2. The van der Waals surface area contributed by atoms with E-state index in [0.29, 0.717) is 0 Å². The lowest BCUT2D eigenvalue weighted by Crippen LogP contribution is -2.22. The third-order valence-corrected chi connectivity index (χ3v) is 4.82.